The number of likely N-dealkylation sites (tertiary alicyclic amines) is 2. The summed E-state index contributed by atoms with van der Waals surface area (Å²) in [5.74, 6) is -1.87. The second-order valence-electron chi connectivity index (χ2n) is 10.9. The predicted octanol–water partition coefficient (Wildman–Crippen LogP) is 3.54. The molecular formula is C27H35F3N4O5S. The van der Waals surface area contributed by atoms with Crippen LogP contribution in [0.5, 0.6) is 5.75 Å². The number of hydrogen-bond acceptors (Lipinski definition) is 7. The van der Waals surface area contributed by atoms with Gasteiger partial charge in [-0.3, -0.25) is 14.5 Å². The topological polar surface area (TPSA) is 120 Å². The zero-order chi connectivity index (χ0) is 29.3. The number of nitrogens with zero attached hydrogens (tertiary/aromatic N) is 3. The van der Waals surface area contributed by atoms with E-state index in [1.54, 1.807) is 0 Å². The number of halogens is 3. The molecule has 0 radical (unpaired) electrons. The van der Waals surface area contributed by atoms with Gasteiger partial charge < -0.3 is 15.0 Å². The quantitative estimate of drug-likeness (QED) is 0.423. The van der Waals surface area contributed by atoms with Crippen molar-refractivity contribution in [3.63, 3.8) is 0 Å². The molecule has 0 bridgehead atoms. The van der Waals surface area contributed by atoms with Crippen molar-refractivity contribution in [2.75, 3.05) is 13.1 Å². The maximum absolute atomic E-state index is 13.9. The number of sulfone groups is 1. The third-order valence-electron chi connectivity index (χ3n) is 8.05. The fraction of sp³-hybridized carbons (Fsp3) is 0.667. The normalized spacial score (nSPS) is 24.3. The summed E-state index contributed by atoms with van der Waals surface area (Å²) in [6, 6.07) is 5.02. The second-order valence-corrected chi connectivity index (χ2v) is 13.1. The molecule has 1 aromatic rings. The second kappa shape index (κ2) is 11.6. The highest BCUT2D eigenvalue weighted by atomic mass is 32.2. The zero-order valence-electron chi connectivity index (χ0n) is 22.6. The highest BCUT2D eigenvalue weighted by molar-refractivity contribution is 7.92. The van der Waals surface area contributed by atoms with Crippen LogP contribution < -0.4 is 10.1 Å². The fourth-order valence-corrected chi connectivity index (χ4v) is 7.55. The van der Waals surface area contributed by atoms with Crippen LogP contribution in [-0.4, -0.2) is 78.4 Å². The summed E-state index contributed by atoms with van der Waals surface area (Å²) in [6.07, 6.45) is -0.268. The predicted molar refractivity (Wildman–Crippen MR) is 139 cm³/mol. The van der Waals surface area contributed by atoms with Gasteiger partial charge in [0.25, 0.3) is 0 Å². The lowest BCUT2D eigenvalue weighted by Gasteiger charge is -2.47. The molecule has 1 N–H and O–H groups in total. The summed E-state index contributed by atoms with van der Waals surface area (Å²) in [4.78, 5) is 29.9. The average molecular weight is 585 g/mol. The Bertz CT molecular complexity index is 1260. The Balaban J connectivity index is 1.62. The van der Waals surface area contributed by atoms with Crippen LogP contribution in [0, 0.1) is 11.3 Å². The number of para-hydroxylation sites is 1. The van der Waals surface area contributed by atoms with E-state index in [9.17, 15) is 36.4 Å². The summed E-state index contributed by atoms with van der Waals surface area (Å²) >= 11 is 0. The average Bonchev–Trinajstić information content (AvgIpc) is 3.47. The van der Waals surface area contributed by atoms with E-state index in [4.69, 9.17) is 0 Å². The van der Waals surface area contributed by atoms with Crippen molar-refractivity contribution in [3.05, 3.63) is 24.3 Å². The first-order valence-electron chi connectivity index (χ1n) is 13.7. The molecule has 9 nitrogen and oxygen atoms in total. The molecule has 1 saturated carbocycles. The zero-order valence-corrected chi connectivity index (χ0v) is 23.4. The molecule has 40 heavy (non-hydrogen) atoms. The Labute approximate surface area is 232 Å². The molecule has 1 unspecified atom stereocenters. The number of benzene rings is 1. The number of rotatable bonds is 11. The third kappa shape index (κ3) is 6.22. The van der Waals surface area contributed by atoms with Crippen molar-refractivity contribution < 1.29 is 35.9 Å². The van der Waals surface area contributed by atoms with E-state index in [0.717, 1.165) is 37.8 Å². The summed E-state index contributed by atoms with van der Waals surface area (Å²) in [5, 5.41) is 10.8. The van der Waals surface area contributed by atoms with Crippen LogP contribution in [0.15, 0.2) is 29.2 Å². The van der Waals surface area contributed by atoms with Crippen LogP contribution in [0.2, 0.25) is 0 Å². The summed E-state index contributed by atoms with van der Waals surface area (Å²) in [6.45, 7) is 4.50. The van der Waals surface area contributed by atoms with Gasteiger partial charge in [0.1, 0.15) is 22.2 Å². The molecule has 4 rings (SSSR count). The minimum Gasteiger partial charge on any atom is -0.404 e. The number of nitrogens with one attached hydrogen (secondary N) is 1. The number of carbonyl (C=O) groups is 2. The Hall–Kier alpha value is -2.85. The van der Waals surface area contributed by atoms with Gasteiger partial charge in [-0.1, -0.05) is 38.8 Å². The number of ether oxygens (including phenoxy) is 1. The maximum atomic E-state index is 13.9. The first kappa shape index (κ1) is 30.1. The molecule has 3 atom stereocenters. The first-order valence-corrected chi connectivity index (χ1v) is 15.3. The molecule has 2 amide bonds. The van der Waals surface area contributed by atoms with Gasteiger partial charge >= 0.3 is 6.36 Å². The first-order chi connectivity index (χ1) is 18.9. The van der Waals surface area contributed by atoms with Gasteiger partial charge in [0.15, 0.2) is 9.84 Å². The standard InChI is InChI=1S/C27H35F3N4O5S/c1-3-7-18(8-4-2)33-14-11-20(33)25(36)34-16-19(15-21(34)24(35)32-26(17-31)12-13-26)40(37,38)23-10-6-5-9-22(23)39-27(28,29)30/h5-6,9-10,18-21H,3-4,7-8,11-16H2,1-2H3,(H,32,35)/t19-,20?,21+/m1/s1. The van der Waals surface area contributed by atoms with E-state index < -0.39 is 55.6 Å². The number of nitriles is 1. The van der Waals surface area contributed by atoms with Crippen LogP contribution >= 0.6 is 0 Å². The van der Waals surface area contributed by atoms with Crippen LogP contribution in [0.3, 0.4) is 0 Å². The van der Waals surface area contributed by atoms with Crippen molar-refractivity contribution in [2.24, 2.45) is 0 Å². The molecule has 2 aliphatic heterocycles. The lowest BCUT2D eigenvalue weighted by molar-refractivity contribution is -0.275. The van der Waals surface area contributed by atoms with Gasteiger partial charge in [-0.25, -0.2) is 8.42 Å². The Morgan fingerprint density at radius 2 is 1.82 bits per heavy atom. The van der Waals surface area contributed by atoms with E-state index >= 15 is 0 Å². The molecule has 0 spiro atoms. The van der Waals surface area contributed by atoms with E-state index in [-0.39, 0.29) is 24.9 Å². The highest BCUT2D eigenvalue weighted by Crippen LogP contribution is 2.38. The molecular weight excluding hydrogens is 549 g/mol. The Morgan fingerprint density at radius 1 is 1.18 bits per heavy atom. The van der Waals surface area contributed by atoms with Crippen LogP contribution in [-0.2, 0) is 19.4 Å². The van der Waals surface area contributed by atoms with Crippen LogP contribution in [0.1, 0.15) is 65.2 Å². The van der Waals surface area contributed by atoms with Crippen molar-refractivity contribution >= 4 is 21.7 Å². The minimum atomic E-state index is -5.11. The third-order valence-corrected chi connectivity index (χ3v) is 10.2. The van der Waals surface area contributed by atoms with E-state index in [0.29, 0.717) is 25.8 Å². The van der Waals surface area contributed by atoms with E-state index in [1.807, 2.05) is 0 Å². The molecule has 2 heterocycles. The number of alkyl halides is 3. The smallest absolute Gasteiger partial charge is 0.404 e. The van der Waals surface area contributed by atoms with E-state index in [1.165, 1.54) is 17.0 Å². The van der Waals surface area contributed by atoms with Gasteiger partial charge in [0, 0.05) is 19.1 Å². The van der Waals surface area contributed by atoms with Gasteiger partial charge in [-0.15, -0.1) is 13.2 Å². The summed E-state index contributed by atoms with van der Waals surface area (Å²) in [7, 11) is -4.45. The monoisotopic (exact) mass is 584 g/mol. The number of hydrogen-bond donors (Lipinski definition) is 1. The van der Waals surface area contributed by atoms with Gasteiger partial charge in [-0.2, -0.15) is 5.26 Å². The number of carbonyl (C=O) groups excluding carboxylic acids is 2. The summed E-state index contributed by atoms with van der Waals surface area (Å²) < 4.78 is 70.3. The molecule has 220 valence electrons. The molecule has 0 aromatic heterocycles. The largest absolute Gasteiger partial charge is 0.573 e. The highest BCUT2D eigenvalue weighted by Gasteiger charge is 2.53. The Kier molecular flexibility index (Phi) is 8.71. The van der Waals surface area contributed by atoms with Crippen molar-refractivity contribution in [1.82, 2.24) is 15.1 Å². The Morgan fingerprint density at radius 3 is 2.35 bits per heavy atom. The van der Waals surface area contributed by atoms with Gasteiger partial charge in [-0.05, 0) is 50.7 Å². The molecule has 3 aliphatic rings. The fourth-order valence-electron chi connectivity index (χ4n) is 5.74. The molecule has 3 fully saturated rings. The summed E-state index contributed by atoms with van der Waals surface area (Å²) in [5.41, 5.74) is -1.04. The van der Waals surface area contributed by atoms with Crippen molar-refractivity contribution in [2.45, 2.75) is 105 Å². The molecule has 2 saturated heterocycles. The van der Waals surface area contributed by atoms with Crippen molar-refractivity contribution in [1.29, 1.82) is 5.26 Å². The molecule has 1 aromatic carbocycles. The number of amides is 2. The lowest BCUT2D eigenvalue weighted by atomic mass is 9.93. The van der Waals surface area contributed by atoms with Gasteiger partial charge in [0.2, 0.25) is 11.8 Å². The molecule has 1 aliphatic carbocycles. The van der Waals surface area contributed by atoms with Crippen LogP contribution in [0.25, 0.3) is 0 Å². The SMILES string of the molecule is CCCC(CCC)N1CCC1C(=O)N1C[C@H](S(=O)(=O)c2ccccc2OC(F)(F)F)C[C@H]1C(=O)NC1(C#N)CC1. The molecule has 13 heteroatoms. The lowest BCUT2D eigenvalue weighted by Crippen LogP contribution is -2.62. The van der Waals surface area contributed by atoms with Crippen LogP contribution in [0.4, 0.5) is 13.2 Å². The minimum absolute atomic E-state index is 0.187. The van der Waals surface area contributed by atoms with E-state index in [2.05, 4.69) is 34.9 Å². The maximum Gasteiger partial charge on any atom is 0.573 e. The van der Waals surface area contributed by atoms with Crippen molar-refractivity contribution in [3.8, 4) is 11.8 Å². The van der Waals surface area contributed by atoms with Gasteiger partial charge in [0.05, 0.1) is 17.4 Å².